The predicted octanol–water partition coefficient (Wildman–Crippen LogP) is 2.48. The van der Waals surface area contributed by atoms with Crippen molar-refractivity contribution in [1.82, 2.24) is 0 Å². The number of aromatic carboxylic acids is 1. The average Bonchev–Trinajstić information content (AvgIpc) is 2.99. The van der Waals surface area contributed by atoms with Gasteiger partial charge in [0.25, 0.3) is 11.7 Å². The van der Waals surface area contributed by atoms with Gasteiger partial charge in [-0.15, -0.1) is 11.3 Å². The number of ketones is 1. The van der Waals surface area contributed by atoms with Gasteiger partial charge < -0.3 is 10.0 Å². The predicted molar refractivity (Wildman–Crippen MR) is 78.0 cm³/mol. The van der Waals surface area contributed by atoms with Crippen LogP contribution in [0.1, 0.15) is 31.2 Å². The Morgan fingerprint density at radius 1 is 1.29 bits per heavy atom. The molecule has 0 saturated heterocycles. The van der Waals surface area contributed by atoms with Crippen LogP contribution in [0.4, 0.5) is 5.69 Å². The molecule has 106 valence electrons. The number of fused-ring (bicyclic) bond motifs is 1. The van der Waals surface area contributed by atoms with Gasteiger partial charge in [-0.25, -0.2) is 4.79 Å². The molecule has 5 nitrogen and oxygen atoms in total. The molecule has 21 heavy (non-hydrogen) atoms. The van der Waals surface area contributed by atoms with Crippen molar-refractivity contribution in [2.45, 2.75) is 13.5 Å². The molecule has 1 aliphatic rings. The average molecular weight is 301 g/mol. The first-order valence-corrected chi connectivity index (χ1v) is 7.13. The quantitative estimate of drug-likeness (QED) is 0.884. The van der Waals surface area contributed by atoms with E-state index in [-0.39, 0.29) is 11.4 Å². The van der Waals surface area contributed by atoms with Crippen LogP contribution in [-0.2, 0) is 11.3 Å². The highest BCUT2D eigenvalue weighted by Gasteiger charge is 2.36. The molecule has 0 atom stereocenters. The van der Waals surface area contributed by atoms with Gasteiger partial charge in [0.1, 0.15) is 4.88 Å². The summed E-state index contributed by atoms with van der Waals surface area (Å²) in [5.41, 5.74) is 2.35. The molecule has 0 radical (unpaired) electrons. The fraction of sp³-hybridized carbons (Fsp3) is 0.133. The van der Waals surface area contributed by atoms with Crippen molar-refractivity contribution in [2.75, 3.05) is 4.90 Å². The summed E-state index contributed by atoms with van der Waals surface area (Å²) >= 11 is 1.10. The second-order valence-corrected chi connectivity index (χ2v) is 5.74. The first-order valence-electron chi connectivity index (χ1n) is 6.25. The van der Waals surface area contributed by atoms with Gasteiger partial charge in [0, 0.05) is 0 Å². The van der Waals surface area contributed by atoms with Gasteiger partial charge in [-0.1, -0.05) is 11.6 Å². The first kappa shape index (κ1) is 13.5. The third-order valence-electron chi connectivity index (χ3n) is 3.40. The maximum Gasteiger partial charge on any atom is 0.346 e. The molecular weight excluding hydrogens is 290 g/mol. The zero-order valence-electron chi connectivity index (χ0n) is 11.1. The normalized spacial score (nSPS) is 13.7. The molecule has 6 heteroatoms. The maximum absolute atomic E-state index is 12.1. The molecule has 2 aromatic rings. The number of nitrogens with zero attached hydrogens (tertiary/aromatic N) is 1. The van der Waals surface area contributed by atoms with Crippen LogP contribution in [-0.4, -0.2) is 22.8 Å². The van der Waals surface area contributed by atoms with Crippen molar-refractivity contribution in [1.29, 1.82) is 0 Å². The molecule has 0 saturated carbocycles. The highest BCUT2D eigenvalue weighted by Crippen LogP contribution is 2.32. The number of anilines is 1. The highest BCUT2D eigenvalue weighted by molar-refractivity contribution is 7.12. The lowest BCUT2D eigenvalue weighted by Gasteiger charge is -2.16. The molecule has 1 aromatic carbocycles. The van der Waals surface area contributed by atoms with E-state index in [0.717, 1.165) is 16.9 Å². The van der Waals surface area contributed by atoms with Crippen LogP contribution < -0.4 is 4.90 Å². The lowest BCUT2D eigenvalue weighted by atomic mass is 10.1. The van der Waals surface area contributed by atoms with Crippen LogP contribution in [0.25, 0.3) is 0 Å². The molecule has 3 rings (SSSR count). The van der Waals surface area contributed by atoms with Crippen LogP contribution in [0, 0.1) is 6.92 Å². The largest absolute Gasteiger partial charge is 0.477 e. The van der Waals surface area contributed by atoms with E-state index in [0.29, 0.717) is 16.8 Å². The lowest BCUT2D eigenvalue weighted by Crippen LogP contribution is -2.29. The number of hydrogen-bond acceptors (Lipinski definition) is 4. The summed E-state index contributed by atoms with van der Waals surface area (Å²) in [4.78, 5) is 36.8. The summed E-state index contributed by atoms with van der Waals surface area (Å²) in [6.07, 6.45) is 0. The summed E-state index contributed by atoms with van der Waals surface area (Å²) in [7, 11) is 0. The van der Waals surface area contributed by atoms with E-state index in [2.05, 4.69) is 0 Å². The van der Waals surface area contributed by atoms with Gasteiger partial charge in [-0.3, -0.25) is 9.59 Å². The number of carboxylic acids is 1. The third-order valence-corrected chi connectivity index (χ3v) is 4.34. The van der Waals surface area contributed by atoms with Gasteiger partial charge in [0.15, 0.2) is 0 Å². The number of hydrogen-bond donors (Lipinski definition) is 1. The number of aryl methyl sites for hydroxylation is 1. The Morgan fingerprint density at radius 3 is 2.76 bits per heavy atom. The minimum absolute atomic E-state index is 0.0891. The van der Waals surface area contributed by atoms with E-state index in [9.17, 15) is 14.4 Å². The fourth-order valence-corrected chi connectivity index (χ4v) is 3.14. The Morgan fingerprint density at radius 2 is 2.05 bits per heavy atom. The second-order valence-electron chi connectivity index (χ2n) is 4.82. The Bertz CT molecular complexity index is 778. The zero-order chi connectivity index (χ0) is 15.1. The Labute approximate surface area is 124 Å². The zero-order valence-corrected chi connectivity index (χ0v) is 11.9. The molecule has 0 spiro atoms. The number of Topliss-reactive ketones (excluding diaryl/α,β-unsaturated/α-hetero) is 1. The standard InChI is InChI=1S/C15H11NO4S/c1-8-2-3-11-10(6-8)12(17)14(18)16(11)7-9-4-5-21-13(9)15(19)20/h2-6H,7H2,1H3,(H,19,20). The number of benzene rings is 1. The van der Waals surface area contributed by atoms with E-state index >= 15 is 0 Å². The second kappa shape index (κ2) is 4.82. The fourth-order valence-electron chi connectivity index (χ4n) is 2.39. The molecule has 1 aromatic heterocycles. The van der Waals surface area contributed by atoms with Gasteiger partial charge >= 0.3 is 5.97 Å². The first-order chi connectivity index (χ1) is 9.99. The molecule has 0 fully saturated rings. The van der Waals surface area contributed by atoms with Crippen LogP contribution in [0.2, 0.25) is 0 Å². The van der Waals surface area contributed by atoms with Crippen molar-refractivity contribution in [3.63, 3.8) is 0 Å². The molecule has 0 aliphatic carbocycles. The van der Waals surface area contributed by atoms with Crippen molar-refractivity contribution >= 4 is 34.7 Å². The summed E-state index contributed by atoms with van der Waals surface area (Å²) < 4.78 is 0. The minimum atomic E-state index is -1.03. The molecule has 0 bridgehead atoms. The Balaban J connectivity index is 2.01. The van der Waals surface area contributed by atoms with Gasteiger partial charge in [0.05, 0.1) is 17.8 Å². The van der Waals surface area contributed by atoms with E-state index < -0.39 is 17.7 Å². The molecule has 1 aliphatic heterocycles. The molecule has 1 amide bonds. The smallest absolute Gasteiger partial charge is 0.346 e. The van der Waals surface area contributed by atoms with Gasteiger partial charge in [-0.2, -0.15) is 0 Å². The summed E-state index contributed by atoms with van der Waals surface area (Å²) in [5, 5.41) is 10.8. The van der Waals surface area contributed by atoms with Gasteiger partial charge in [-0.05, 0) is 36.1 Å². The number of carbonyl (C=O) groups excluding carboxylic acids is 2. The Kier molecular flexibility index (Phi) is 3.10. The van der Waals surface area contributed by atoms with E-state index in [1.807, 2.05) is 13.0 Å². The number of rotatable bonds is 3. The monoisotopic (exact) mass is 301 g/mol. The van der Waals surface area contributed by atoms with Crippen molar-refractivity contribution in [2.24, 2.45) is 0 Å². The van der Waals surface area contributed by atoms with Crippen LogP contribution in [0.3, 0.4) is 0 Å². The SMILES string of the molecule is Cc1ccc2c(c1)C(=O)C(=O)N2Cc1ccsc1C(=O)O. The van der Waals surface area contributed by atoms with Crippen LogP contribution in [0.15, 0.2) is 29.6 Å². The summed E-state index contributed by atoms with van der Waals surface area (Å²) in [6, 6.07) is 6.89. The van der Waals surface area contributed by atoms with Crippen molar-refractivity contribution in [3.05, 3.63) is 51.2 Å². The molecular formula is C15H11NO4S. The highest BCUT2D eigenvalue weighted by atomic mass is 32.1. The number of amides is 1. The number of carboxylic acid groups (broad SMARTS) is 1. The minimum Gasteiger partial charge on any atom is -0.477 e. The topological polar surface area (TPSA) is 74.7 Å². The number of thiophene rings is 1. The summed E-state index contributed by atoms with van der Waals surface area (Å²) in [5.74, 6) is -2.18. The van der Waals surface area contributed by atoms with Crippen LogP contribution >= 0.6 is 11.3 Å². The summed E-state index contributed by atoms with van der Waals surface area (Å²) in [6.45, 7) is 1.94. The third kappa shape index (κ3) is 2.13. The molecule has 1 N–H and O–H groups in total. The maximum atomic E-state index is 12.1. The molecule has 2 heterocycles. The van der Waals surface area contributed by atoms with Crippen LogP contribution in [0.5, 0.6) is 0 Å². The van der Waals surface area contributed by atoms with E-state index in [1.165, 1.54) is 4.90 Å². The molecule has 0 unspecified atom stereocenters. The van der Waals surface area contributed by atoms with Gasteiger partial charge in [0.2, 0.25) is 0 Å². The van der Waals surface area contributed by atoms with Crippen molar-refractivity contribution < 1.29 is 19.5 Å². The number of carbonyl (C=O) groups is 3. The van der Waals surface area contributed by atoms with E-state index in [4.69, 9.17) is 5.11 Å². The van der Waals surface area contributed by atoms with Crippen molar-refractivity contribution in [3.8, 4) is 0 Å². The lowest BCUT2D eigenvalue weighted by molar-refractivity contribution is -0.114. The van der Waals surface area contributed by atoms with E-state index in [1.54, 1.807) is 23.6 Å². The Hall–Kier alpha value is -2.47.